The average Bonchev–Trinajstić information content (AvgIpc) is 2.73. The van der Waals surface area contributed by atoms with Crippen LogP contribution in [0.2, 0.25) is 0 Å². The quantitative estimate of drug-likeness (QED) is 0.896. The summed E-state index contributed by atoms with van der Waals surface area (Å²) in [4.78, 5) is 5.21. The highest BCUT2D eigenvalue weighted by atomic mass is 19.2. The zero-order valence-electron chi connectivity index (χ0n) is 11.0. The number of likely N-dealkylation sites (N-methyl/N-ethyl adjacent to an activating group) is 1. The molecule has 2 aromatic rings. The normalized spacial score (nSPS) is 16.2. The Balaban J connectivity index is 1.76. The maximum atomic E-state index is 13.6. The lowest BCUT2D eigenvalue weighted by molar-refractivity contribution is 0.161. The van der Waals surface area contributed by atoms with Crippen LogP contribution in [0.4, 0.5) is 8.78 Å². The molecule has 1 heterocycles. The molecule has 0 saturated heterocycles. The summed E-state index contributed by atoms with van der Waals surface area (Å²) in [5, 5.41) is 0.793. The first kappa shape index (κ1) is 12.6. The van der Waals surface area contributed by atoms with Crippen molar-refractivity contribution in [2.75, 3.05) is 13.6 Å². The Morgan fingerprint density at radius 3 is 2.79 bits per heavy atom. The third kappa shape index (κ3) is 2.25. The molecule has 0 spiro atoms. The first-order valence-electron chi connectivity index (χ1n) is 6.81. The van der Waals surface area contributed by atoms with Gasteiger partial charge in [-0.2, -0.15) is 0 Å². The van der Waals surface area contributed by atoms with Gasteiger partial charge in [-0.25, -0.2) is 8.78 Å². The number of aromatic nitrogens is 1. The zero-order chi connectivity index (χ0) is 13.4. The maximum Gasteiger partial charge on any atom is 0.182 e. The van der Waals surface area contributed by atoms with Crippen molar-refractivity contribution in [1.29, 1.82) is 0 Å². The molecule has 0 unspecified atom stereocenters. The first-order valence-corrected chi connectivity index (χ1v) is 6.81. The molecule has 1 aromatic heterocycles. The smallest absolute Gasteiger partial charge is 0.182 e. The van der Waals surface area contributed by atoms with Gasteiger partial charge in [0.05, 0.1) is 5.52 Å². The van der Waals surface area contributed by atoms with Gasteiger partial charge in [-0.05, 0) is 44.0 Å². The molecule has 1 aliphatic carbocycles. The summed E-state index contributed by atoms with van der Waals surface area (Å²) < 4.78 is 26.7. The predicted molar refractivity (Wildman–Crippen MR) is 72.2 cm³/mol. The summed E-state index contributed by atoms with van der Waals surface area (Å²) in [7, 11) is 2.14. The topological polar surface area (TPSA) is 19.0 Å². The van der Waals surface area contributed by atoms with E-state index in [1.807, 2.05) is 0 Å². The summed E-state index contributed by atoms with van der Waals surface area (Å²) in [6.45, 7) is 0.955. The van der Waals surface area contributed by atoms with Gasteiger partial charge in [-0.3, -0.25) is 0 Å². The van der Waals surface area contributed by atoms with Crippen LogP contribution in [-0.2, 0) is 6.42 Å². The van der Waals surface area contributed by atoms with Gasteiger partial charge in [0, 0.05) is 24.2 Å². The minimum absolute atomic E-state index is 0.279. The van der Waals surface area contributed by atoms with Crippen molar-refractivity contribution in [1.82, 2.24) is 9.88 Å². The maximum absolute atomic E-state index is 13.6. The van der Waals surface area contributed by atoms with Gasteiger partial charge in [0.25, 0.3) is 0 Å². The second-order valence-electron chi connectivity index (χ2n) is 5.41. The third-order valence-electron chi connectivity index (χ3n) is 4.26. The minimum atomic E-state index is -0.799. The number of hydrogen-bond donors (Lipinski definition) is 1. The largest absolute Gasteiger partial charge is 0.358 e. The number of halogens is 2. The number of nitrogens with one attached hydrogen (secondary N) is 1. The molecule has 0 amide bonds. The molecule has 1 aliphatic rings. The Hall–Kier alpha value is -1.42. The van der Waals surface area contributed by atoms with Gasteiger partial charge in [0.15, 0.2) is 11.6 Å². The molecule has 0 atom stereocenters. The molecular weight excluding hydrogens is 246 g/mol. The van der Waals surface area contributed by atoms with Crippen LogP contribution in [0.15, 0.2) is 18.3 Å². The van der Waals surface area contributed by atoms with Crippen molar-refractivity contribution >= 4 is 10.9 Å². The van der Waals surface area contributed by atoms with E-state index < -0.39 is 11.6 Å². The number of H-pyrrole nitrogens is 1. The highest BCUT2D eigenvalue weighted by molar-refractivity contribution is 5.83. The van der Waals surface area contributed by atoms with Crippen LogP contribution in [0.3, 0.4) is 0 Å². The Labute approximate surface area is 111 Å². The second-order valence-corrected chi connectivity index (χ2v) is 5.41. The Morgan fingerprint density at radius 2 is 2.11 bits per heavy atom. The molecule has 102 valence electrons. The Kier molecular flexibility index (Phi) is 3.27. The van der Waals surface area contributed by atoms with Crippen molar-refractivity contribution < 1.29 is 8.78 Å². The van der Waals surface area contributed by atoms with Gasteiger partial charge in [-0.1, -0.05) is 6.42 Å². The molecule has 2 nitrogen and oxygen atoms in total. The number of aromatic amines is 1. The van der Waals surface area contributed by atoms with Crippen LogP contribution < -0.4 is 0 Å². The summed E-state index contributed by atoms with van der Waals surface area (Å²) in [5.41, 5.74) is 1.33. The van der Waals surface area contributed by atoms with Gasteiger partial charge in [0.2, 0.25) is 0 Å². The minimum Gasteiger partial charge on any atom is -0.358 e. The van der Waals surface area contributed by atoms with Crippen LogP contribution in [0.1, 0.15) is 24.8 Å². The van der Waals surface area contributed by atoms with Crippen LogP contribution in [0, 0.1) is 11.6 Å². The molecule has 19 heavy (non-hydrogen) atoms. The van der Waals surface area contributed by atoms with Crippen LogP contribution in [0.5, 0.6) is 0 Å². The van der Waals surface area contributed by atoms with Gasteiger partial charge < -0.3 is 9.88 Å². The zero-order valence-corrected chi connectivity index (χ0v) is 11.0. The molecule has 1 fully saturated rings. The number of benzene rings is 1. The molecule has 3 rings (SSSR count). The van der Waals surface area contributed by atoms with E-state index in [1.165, 1.54) is 25.3 Å². The van der Waals surface area contributed by atoms with E-state index in [9.17, 15) is 8.78 Å². The fourth-order valence-corrected chi connectivity index (χ4v) is 2.71. The summed E-state index contributed by atoms with van der Waals surface area (Å²) >= 11 is 0. The Morgan fingerprint density at radius 1 is 1.32 bits per heavy atom. The number of nitrogens with zero attached hydrogens (tertiary/aromatic N) is 1. The van der Waals surface area contributed by atoms with Crippen molar-refractivity contribution in [3.63, 3.8) is 0 Å². The van der Waals surface area contributed by atoms with E-state index in [0.717, 1.165) is 23.9 Å². The van der Waals surface area contributed by atoms with E-state index in [0.29, 0.717) is 6.04 Å². The molecule has 4 heteroatoms. The molecular formula is C15H18F2N2. The lowest BCUT2D eigenvalue weighted by Gasteiger charge is -2.34. The number of hydrogen-bond acceptors (Lipinski definition) is 1. The highest BCUT2D eigenvalue weighted by Crippen LogP contribution is 2.26. The summed E-state index contributed by atoms with van der Waals surface area (Å²) in [6, 6.07) is 3.56. The fraction of sp³-hybridized carbons (Fsp3) is 0.467. The van der Waals surface area contributed by atoms with E-state index in [4.69, 9.17) is 0 Å². The van der Waals surface area contributed by atoms with Gasteiger partial charge in [0.1, 0.15) is 0 Å². The average molecular weight is 264 g/mol. The van der Waals surface area contributed by atoms with Crippen LogP contribution >= 0.6 is 0 Å². The molecule has 1 aromatic carbocycles. The number of rotatable bonds is 4. The van der Waals surface area contributed by atoms with E-state index in [2.05, 4.69) is 16.9 Å². The van der Waals surface area contributed by atoms with Gasteiger partial charge >= 0.3 is 0 Å². The lowest BCUT2D eigenvalue weighted by Crippen LogP contribution is -2.38. The molecule has 1 saturated carbocycles. The summed E-state index contributed by atoms with van der Waals surface area (Å²) in [6.07, 6.45) is 6.54. The van der Waals surface area contributed by atoms with Crippen LogP contribution in [-0.4, -0.2) is 29.5 Å². The number of fused-ring (bicyclic) bond motifs is 1. The predicted octanol–water partition coefficient (Wildman–Crippen LogP) is 3.47. The second kappa shape index (κ2) is 4.93. The van der Waals surface area contributed by atoms with Crippen molar-refractivity contribution in [2.45, 2.75) is 31.7 Å². The third-order valence-corrected chi connectivity index (χ3v) is 4.26. The monoisotopic (exact) mass is 264 g/mol. The standard InChI is InChI=1S/C15H18F2N2/c1-19(11-3-2-4-11)8-7-10-9-18-15-12(10)5-6-13(16)14(15)17/h5-6,9,11,18H,2-4,7-8H2,1H3. The molecule has 1 N–H and O–H groups in total. The van der Waals surface area contributed by atoms with Gasteiger partial charge in [-0.15, -0.1) is 0 Å². The van der Waals surface area contributed by atoms with Crippen molar-refractivity contribution in [3.05, 3.63) is 35.5 Å². The molecule has 0 aliphatic heterocycles. The highest BCUT2D eigenvalue weighted by Gasteiger charge is 2.21. The van der Waals surface area contributed by atoms with Crippen molar-refractivity contribution in [2.24, 2.45) is 0 Å². The fourth-order valence-electron chi connectivity index (χ4n) is 2.71. The first-order chi connectivity index (χ1) is 9.16. The lowest BCUT2D eigenvalue weighted by atomic mass is 9.91. The van der Waals surface area contributed by atoms with E-state index >= 15 is 0 Å². The molecule has 0 radical (unpaired) electrons. The molecule has 0 bridgehead atoms. The Bertz CT molecular complexity index is 587. The van der Waals surface area contributed by atoms with E-state index in [1.54, 1.807) is 12.3 Å². The van der Waals surface area contributed by atoms with E-state index in [-0.39, 0.29) is 5.52 Å². The summed E-state index contributed by atoms with van der Waals surface area (Å²) in [5.74, 6) is -1.58. The van der Waals surface area contributed by atoms with Crippen molar-refractivity contribution in [3.8, 4) is 0 Å². The van der Waals surface area contributed by atoms with Crippen LogP contribution in [0.25, 0.3) is 10.9 Å². The SMILES string of the molecule is CN(CCc1c[nH]c2c(F)c(F)ccc12)C1CCC1.